The molecule has 42 heavy (non-hydrogen) atoms. The van der Waals surface area contributed by atoms with Crippen molar-refractivity contribution in [2.45, 2.75) is 69.5 Å². The highest BCUT2D eigenvalue weighted by molar-refractivity contribution is 7.92. The lowest BCUT2D eigenvalue weighted by atomic mass is 9.95. The fraction of sp³-hybridized carbons (Fsp3) is 0.375. The van der Waals surface area contributed by atoms with Gasteiger partial charge >= 0.3 is 0 Å². The van der Waals surface area contributed by atoms with Crippen molar-refractivity contribution < 1.29 is 27.1 Å². The van der Waals surface area contributed by atoms with Gasteiger partial charge < -0.3 is 15.0 Å². The van der Waals surface area contributed by atoms with Crippen molar-refractivity contribution >= 4 is 27.5 Å². The number of ether oxygens (including phenoxy) is 1. The van der Waals surface area contributed by atoms with Crippen molar-refractivity contribution in [3.8, 4) is 5.75 Å². The second kappa shape index (κ2) is 13.8. The van der Waals surface area contributed by atoms with Crippen molar-refractivity contribution in [2.24, 2.45) is 0 Å². The summed E-state index contributed by atoms with van der Waals surface area (Å²) in [5, 5.41) is 3.04. The second-order valence-corrected chi connectivity index (χ2v) is 12.5. The summed E-state index contributed by atoms with van der Waals surface area (Å²) >= 11 is 0. The molecule has 224 valence electrons. The van der Waals surface area contributed by atoms with E-state index in [0.717, 1.165) is 42.0 Å². The number of halogens is 1. The Labute approximate surface area is 247 Å². The summed E-state index contributed by atoms with van der Waals surface area (Å²) in [6.45, 7) is 2.54. The molecular weight excluding hydrogens is 557 g/mol. The van der Waals surface area contributed by atoms with Crippen LogP contribution in [0.15, 0.2) is 77.7 Å². The van der Waals surface area contributed by atoms with Crippen molar-refractivity contribution in [2.75, 3.05) is 18.0 Å². The maximum Gasteiger partial charge on any atom is 0.264 e. The Kier molecular flexibility index (Phi) is 10.2. The van der Waals surface area contributed by atoms with Crippen molar-refractivity contribution in [3.05, 3.63) is 89.7 Å². The number of anilines is 1. The van der Waals surface area contributed by atoms with Crippen LogP contribution in [-0.2, 0) is 26.2 Å². The predicted molar refractivity (Wildman–Crippen MR) is 160 cm³/mol. The fourth-order valence-corrected chi connectivity index (χ4v) is 6.63. The van der Waals surface area contributed by atoms with E-state index in [0.29, 0.717) is 0 Å². The number of nitrogens with zero attached hydrogens (tertiary/aromatic N) is 2. The Bertz CT molecular complexity index is 1490. The Morgan fingerprint density at radius 2 is 1.67 bits per heavy atom. The van der Waals surface area contributed by atoms with Crippen molar-refractivity contribution in [1.29, 1.82) is 0 Å². The third-order valence-electron chi connectivity index (χ3n) is 7.63. The Morgan fingerprint density at radius 3 is 2.33 bits per heavy atom. The van der Waals surface area contributed by atoms with Gasteiger partial charge in [-0.2, -0.15) is 0 Å². The van der Waals surface area contributed by atoms with E-state index in [1.165, 1.54) is 30.2 Å². The lowest BCUT2D eigenvalue weighted by molar-refractivity contribution is -0.139. The molecular formula is C32H38FN3O5S. The molecule has 0 aromatic heterocycles. The number of methoxy groups -OCH3 is 1. The van der Waals surface area contributed by atoms with Crippen LogP contribution in [0, 0.1) is 12.7 Å². The molecule has 2 amide bonds. The molecule has 3 aromatic carbocycles. The van der Waals surface area contributed by atoms with Crippen LogP contribution in [0.2, 0.25) is 0 Å². The van der Waals surface area contributed by atoms with Crippen LogP contribution in [0.25, 0.3) is 0 Å². The van der Waals surface area contributed by atoms with E-state index in [1.54, 1.807) is 68.4 Å². The number of sulfonamides is 1. The number of benzene rings is 3. The molecule has 10 heteroatoms. The molecule has 0 radical (unpaired) electrons. The van der Waals surface area contributed by atoms with E-state index in [4.69, 9.17) is 4.74 Å². The Balaban J connectivity index is 1.73. The van der Waals surface area contributed by atoms with E-state index in [2.05, 4.69) is 5.32 Å². The molecule has 1 saturated carbocycles. The molecule has 1 aliphatic rings. The molecule has 1 atom stereocenters. The summed E-state index contributed by atoms with van der Waals surface area (Å²) in [4.78, 5) is 28.8. The first-order valence-corrected chi connectivity index (χ1v) is 15.6. The molecule has 0 saturated heterocycles. The predicted octanol–water partition coefficient (Wildman–Crippen LogP) is 5.20. The highest BCUT2D eigenvalue weighted by Crippen LogP contribution is 2.34. The zero-order valence-corrected chi connectivity index (χ0v) is 25.1. The van der Waals surface area contributed by atoms with Crippen LogP contribution in [0.3, 0.4) is 0 Å². The lowest BCUT2D eigenvalue weighted by Gasteiger charge is -2.33. The largest absolute Gasteiger partial charge is 0.495 e. The van der Waals surface area contributed by atoms with Gasteiger partial charge in [0.05, 0.1) is 17.7 Å². The summed E-state index contributed by atoms with van der Waals surface area (Å²) in [5.41, 5.74) is 1.16. The average Bonchev–Trinajstić information content (AvgIpc) is 2.99. The molecule has 8 nitrogen and oxygen atoms in total. The van der Waals surface area contributed by atoms with Crippen LogP contribution in [0.4, 0.5) is 10.1 Å². The minimum Gasteiger partial charge on any atom is -0.495 e. The minimum atomic E-state index is -4.25. The second-order valence-electron chi connectivity index (χ2n) is 10.6. The van der Waals surface area contributed by atoms with E-state index >= 15 is 0 Å². The normalized spacial score (nSPS) is 14.6. The molecule has 4 rings (SSSR count). The van der Waals surface area contributed by atoms with Crippen LogP contribution in [0.5, 0.6) is 5.75 Å². The summed E-state index contributed by atoms with van der Waals surface area (Å²) < 4.78 is 49.3. The molecule has 1 N–H and O–H groups in total. The third kappa shape index (κ3) is 7.28. The van der Waals surface area contributed by atoms with Gasteiger partial charge in [-0.05, 0) is 62.6 Å². The number of amides is 2. The zero-order valence-electron chi connectivity index (χ0n) is 24.3. The molecule has 3 aromatic rings. The van der Waals surface area contributed by atoms with E-state index < -0.39 is 34.3 Å². The molecule has 0 heterocycles. The zero-order chi connectivity index (χ0) is 30.3. The summed E-state index contributed by atoms with van der Waals surface area (Å²) in [6, 6.07) is 17.9. The number of hydrogen-bond acceptors (Lipinski definition) is 5. The highest BCUT2D eigenvalue weighted by atomic mass is 32.2. The van der Waals surface area contributed by atoms with Gasteiger partial charge in [-0.15, -0.1) is 0 Å². The number of carbonyl (C=O) groups excluding carboxylic acids is 2. The highest BCUT2D eigenvalue weighted by Gasteiger charge is 2.34. The molecule has 0 unspecified atom stereocenters. The van der Waals surface area contributed by atoms with Gasteiger partial charge in [-0.3, -0.25) is 13.9 Å². The number of rotatable bonds is 11. The standard InChI is InChI=1S/C32H38FN3O5S/c1-23-18-19-30(41-3)29(20-23)36(42(39,40)27-15-8-5-9-16-27)22-31(37)35(21-25-12-10-11-17-28(25)33)24(2)32(38)34-26-13-6-4-7-14-26/h5,8-12,15-20,24,26H,4,6-7,13-14,21-22H2,1-3H3,(H,34,38)/t24-/m1/s1. The number of aryl methyl sites for hydroxylation is 1. The van der Waals surface area contributed by atoms with Crippen molar-refractivity contribution in [3.63, 3.8) is 0 Å². The summed E-state index contributed by atoms with van der Waals surface area (Å²) in [6.07, 6.45) is 4.86. The monoisotopic (exact) mass is 595 g/mol. The average molecular weight is 596 g/mol. The summed E-state index contributed by atoms with van der Waals surface area (Å²) in [7, 11) is -2.83. The van der Waals surface area contributed by atoms with E-state index in [-0.39, 0.29) is 40.4 Å². The summed E-state index contributed by atoms with van der Waals surface area (Å²) in [5.74, 6) is -1.29. The lowest BCUT2D eigenvalue weighted by Crippen LogP contribution is -2.53. The van der Waals surface area contributed by atoms with Gasteiger partial charge in [0.1, 0.15) is 24.2 Å². The topological polar surface area (TPSA) is 96.0 Å². The SMILES string of the molecule is COc1ccc(C)cc1N(CC(=O)N(Cc1ccccc1F)[C@H](C)C(=O)NC1CCCCC1)S(=O)(=O)c1ccccc1. The minimum absolute atomic E-state index is 0.00521. The maximum atomic E-state index is 14.8. The molecule has 1 aliphatic carbocycles. The molecule has 0 bridgehead atoms. The third-order valence-corrected chi connectivity index (χ3v) is 9.40. The van der Waals surface area contributed by atoms with Gasteiger partial charge in [-0.1, -0.05) is 61.7 Å². The van der Waals surface area contributed by atoms with Crippen LogP contribution >= 0.6 is 0 Å². The quantitative estimate of drug-likeness (QED) is 0.329. The van der Waals surface area contributed by atoms with Crippen molar-refractivity contribution in [1.82, 2.24) is 10.2 Å². The van der Waals surface area contributed by atoms with Gasteiger partial charge in [0.15, 0.2) is 0 Å². The Morgan fingerprint density at radius 1 is 1.00 bits per heavy atom. The van der Waals surface area contributed by atoms with Crippen LogP contribution in [-0.4, -0.2) is 50.9 Å². The van der Waals surface area contributed by atoms with Gasteiger partial charge in [0, 0.05) is 18.2 Å². The molecule has 0 aliphatic heterocycles. The first kappa shape index (κ1) is 31.0. The van der Waals surface area contributed by atoms with Crippen LogP contribution in [0.1, 0.15) is 50.2 Å². The maximum absolute atomic E-state index is 14.8. The number of nitrogens with one attached hydrogen (secondary N) is 1. The number of hydrogen-bond donors (Lipinski definition) is 1. The van der Waals surface area contributed by atoms with E-state index in [9.17, 15) is 22.4 Å². The number of carbonyl (C=O) groups is 2. The van der Waals surface area contributed by atoms with Gasteiger partial charge in [0.2, 0.25) is 11.8 Å². The van der Waals surface area contributed by atoms with E-state index in [1.807, 2.05) is 0 Å². The first-order chi connectivity index (χ1) is 20.1. The van der Waals surface area contributed by atoms with Gasteiger partial charge in [0.25, 0.3) is 10.0 Å². The van der Waals surface area contributed by atoms with Gasteiger partial charge in [-0.25, -0.2) is 12.8 Å². The molecule has 0 spiro atoms. The van der Waals surface area contributed by atoms with Crippen LogP contribution < -0.4 is 14.4 Å². The first-order valence-electron chi connectivity index (χ1n) is 14.2. The fourth-order valence-electron chi connectivity index (χ4n) is 5.19. The Hall–Kier alpha value is -3.92. The smallest absolute Gasteiger partial charge is 0.264 e. The molecule has 1 fully saturated rings.